The van der Waals surface area contributed by atoms with Gasteiger partial charge >= 0.3 is 0 Å². The van der Waals surface area contributed by atoms with Gasteiger partial charge < -0.3 is 14.8 Å². The van der Waals surface area contributed by atoms with Crippen molar-refractivity contribution in [3.63, 3.8) is 0 Å². The Bertz CT molecular complexity index is 259. The van der Waals surface area contributed by atoms with Crippen LogP contribution in [0.1, 0.15) is 51.9 Å². The number of hydrogen-bond acceptors (Lipinski definition) is 3. The molecule has 1 fully saturated rings. The molecule has 0 amide bonds. The first-order chi connectivity index (χ1) is 8.90. The highest BCUT2D eigenvalue weighted by atomic mass is 16.5. The molecule has 2 atom stereocenters. The molecule has 2 heterocycles. The van der Waals surface area contributed by atoms with Crippen molar-refractivity contribution in [2.75, 3.05) is 19.8 Å². The van der Waals surface area contributed by atoms with Gasteiger partial charge in [-0.05, 0) is 57.6 Å². The van der Waals surface area contributed by atoms with Crippen LogP contribution in [0.4, 0.5) is 0 Å². The maximum atomic E-state index is 5.86. The molecule has 18 heavy (non-hydrogen) atoms. The second-order valence-electron chi connectivity index (χ2n) is 5.33. The molecule has 1 N–H and O–H groups in total. The monoisotopic (exact) mass is 253 g/mol. The van der Waals surface area contributed by atoms with Crippen LogP contribution in [0.3, 0.4) is 0 Å². The van der Waals surface area contributed by atoms with Gasteiger partial charge in [-0.2, -0.15) is 0 Å². The zero-order valence-corrected chi connectivity index (χ0v) is 11.6. The lowest BCUT2D eigenvalue weighted by molar-refractivity contribution is 0.00291. The number of hydrogen-bond donors (Lipinski definition) is 1. The van der Waals surface area contributed by atoms with Gasteiger partial charge in [0.15, 0.2) is 0 Å². The minimum atomic E-state index is 0.355. The molecule has 0 spiro atoms. The average molecular weight is 253 g/mol. The fraction of sp³-hybridized carbons (Fsp3) is 0.867. The zero-order valence-electron chi connectivity index (χ0n) is 11.6. The van der Waals surface area contributed by atoms with Gasteiger partial charge in [-0.1, -0.05) is 6.92 Å². The van der Waals surface area contributed by atoms with Crippen LogP contribution in [0.15, 0.2) is 11.8 Å². The first kappa shape index (κ1) is 13.9. The van der Waals surface area contributed by atoms with E-state index in [0.717, 1.165) is 51.2 Å². The van der Waals surface area contributed by atoms with Crippen molar-refractivity contribution in [1.29, 1.82) is 0 Å². The Kier molecular flexibility index (Phi) is 6.01. The van der Waals surface area contributed by atoms with E-state index in [1.165, 1.54) is 19.3 Å². The summed E-state index contributed by atoms with van der Waals surface area (Å²) in [7, 11) is 0. The molecule has 1 saturated heterocycles. The van der Waals surface area contributed by atoms with Crippen LogP contribution >= 0.6 is 0 Å². The van der Waals surface area contributed by atoms with E-state index < -0.39 is 0 Å². The lowest BCUT2D eigenvalue weighted by Gasteiger charge is -2.30. The van der Waals surface area contributed by atoms with Crippen LogP contribution in [0.25, 0.3) is 0 Å². The molecule has 0 aliphatic carbocycles. The fourth-order valence-corrected chi connectivity index (χ4v) is 2.69. The second kappa shape index (κ2) is 7.80. The van der Waals surface area contributed by atoms with E-state index in [1.54, 1.807) is 0 Å². The summed E-state index contributed by atoms with van der Waals surface area (Å²) < 4.78 is 11.7. The van der Waals surface area contributed by atoms with Crippen LogP contribution in [0, 0.1) is 0 Å². The third-order valence-electron chi connectivity index (χ3n) is 3.72. The Hall–Kier alpha value is -0.540. The highest BCUT2D eigenvalue weighted by Gasteiger charge is 2.23. The van der Waals surface area contributed by atoms with Crippen LogP contribution in [0.2, 0.25) is 0 Å². The number of allylic oxidation sites excluding steroid dienone is 1. The standard InChI is InChI=1S/C15H27NO2/c1-2-9-16-14(15-8-4-6-11-18-15)12-13-7-3-5-10-17-13/h8,13-14,16H,2-7,9-12H2,1H3. The highest BCUT2D eigenvalue weighted by Crippen LogP contribution is 2.22. The SMILES string of the molecule is CCCNC(CC1CCCCO1)C1=CCCCO1. The molecule has 0 saturated carbocycles. The van der Waals surface area contributed by atoms with Gasteiger partial charge in [-0.3, -0.25) is 0 Å². The average Bonchev–Trinajstić information content (AvgIpc) is 2.45. The largest absolute Gasteiger partial charge is 0.497 e. The summed E-state index contributed by atoms with van der Waals surface area (Å²) in [6, 6.07) is 0.355. The molecule has 2 unspecified atom stereocenters. The molecule has 0 radical (unpaired) electrons. The molecule has 2 aliphatic rings. The van der Waals surface area contributed by atoms with E-state index in [0.29, 0.717) is 12.1 Å². The highest BCUT2D eigenvalue weighted by molar-refractivity contribution is 5.06. The molecule has 104 valence electrons. The van der Waals surface area contributed by atoms with Crippen molar-refractivity contribution in [3.8, 4) is 0 Å². The maximum Gasteiger partial charge on any atom is 0.109 e. The van der Waals surface area contributed by atoms with Gasteiger partial charge in [-0.15, -0.1) is 0 Å². The van der Waals surface area contributed by atoms with Crippen molar-refractivity contribution in [1.82, 2.24) is 5.32 Å². The van der Waals surface area contributed by atoms with Crippen LogP contribution < -0.4 is 5.32 Å². The Labute approximate surface area is 111 Å². The number of rotatable bonds is 6. The van der Waals surface area contributed by atoms with Crippen molar-refractivity contribution in [2.45, 2.75) is 64.0 Å². The van der Waals surface area contributed by atoms with E-state index in [1.807, 2.05) is 0 Å². The molecular formula is C15H27NO2. The van der Waals surface area contributed by atoms with Gasteiger partial charge in [0.25, 0.3) is 0 Å². The van der Waals surface area contributed by atoms with Gasteiger partial charge in [0.2, 0.25) is 0 Å². The molecule has 2 aliphatic heterocycles. The minimum absolute atomic E-state index is 0.355. The number of ether oxygens (including phenoxy) is 2. The molecular weight excluding hydrogens is 226 g/mol. The van der Waals surface area contributed by atoms with Crippen LogP contribution in [-0.2, 0) is 9.47 Å². The summed E-state index contributed by atoms with van der Waals surface area (Å²) in [5.74, 6) is 1.16. The maximum absolute atomic E-state index is 5.86. The van der Waals surface area contributed by atoms with Crippen molar-refractivity contribution in [2.24, 2.45) is 0 Å². The van der Waals surface area contributed by atoms with Crippen LogP contribution in [-0.4, -0.2) is 31.9 Å². The predicted octanol–water partition coefficient (Wildman–Crippen LogP) is 3.01. The lowest BCUT2D eigenvalue weighted by atomic mass is 9.99. The molecule has 0 aromatic rings. The lowest BCUT2D eigenvalue weighted by Crippen LogP contribution is -2.38. The van der Waals surface area contributed by atoms with Crippen molar-refractivity contribution < 1.29 is 9.47 Å². The van der Waals surface area contributed by atoms with Crippen molar-refractivity contribution in [3.05, 3.63) is 11.8 Å². The third kappa shape index (κ3) is 4.29. The summed E-state index contributed by atoms with van der Waals surface area (Å²) in [6.45, 7) is 5.07. The Morgan fingerprint density at radius 1 is 1.33 bits per heavy atom. The summed E-state index contributed by atoms with van der Waals surface area (Å²) in [4.78, 5) is 0. The summed E-state index contributed by atoms with van der Waals surface area (Å²) in [6.07, 6.45) is 11.0. The predicted molar refractivity (Wildman–Crippen MR) is 73.6 cm³/mol. The van der Waals surface area contributed by atoms with E-state index in [-0.39, 0.29) is 0 Å². The normalized spacial score (nSPS) is 26.3. The van der Waals surface area contributed by atoms with Gasteiger partial charge in [0, 0.05) is 6.61 Å². The van der Waals surface area contributed by atoms with Gasteiger partial charge in [-0.25, -0.2) is 0 Å². The number of nitrogens with one attached hydrogen (secondary N) is 1. The van der Waals surface area contributed by atoms with Crippen molar-refractivity contribution >= 4 is 0 Å². The van der Waals surface area contributed by atoms with Gasteiger partial charge in [0.1, 0.15) is 5.76 Å². The fourth-order valence-electron chi connectivity index (χ4n) is 2.69. The molecule has 0 aromatic carbocycles. The summed E-state index contributed by atoms with van der Waals surface area (Å²) in [5.41, 5.74) is 0. The molecule has 0 bridgehead atoms. The molecule has 3 nitrogen and oxygen atoms in total. The molecule has 2 rings (SSSR count). The van der Waals surface area contributed by atoms with E-state index in [9.17, 15) is 0 Å². The zero-order chi connectivity index (χ0) is 12.6. The summed E-state index contributed by atoms with van der Waals surface area (Å²) in [5, 5.41) is 3.61. The van der Waals surface area contributed by atoms with Crippen LogP contribution in [0.5, 0.6) is 0 Å². The Morgan fingerprint density at radius 2 is 2.28 bits per heavy atom. The summed E-state index contributed by atoms with van der Waals surface area (Å²) >= 11 is 0. The van der Waals surface area contributed by atoms with E-state index in [2.05, 4.69) is 18.3 Å². The first-order valence-corrected chi connectivity index (χ1v) is 7.58. The Balaban J connectivity index is 1.88. The second-order valence-corrected chi connectivity index (χ2v) is 5.33. The molecule has 3 heteroatoms. The third-order valence-corrected chi connectivity index (χ3v) is 3.72. The smallest absolute Gasteiger partial charge is 0.109 e. The van der Waals surface area contributed by atoms with E-state index in [4.69, 9.17) is 9.47 Å². The van der Waals surface area contributed by atoms with E-state index >= 15 is 0 Å². The van der Waals surface area contributed by atoms with Gasteiger partial charge in [0.05, 0.1) is 18.8 Å². The topological polar surface area (TPSA) is 30.5 Å². The minimum Gasteiger partial charge on any atom is -0.497 e. The Morgan fingerprint density at radius 3 is 2.94 bits per heavy atom. The molecule has 0 aromatic heterocycles. The first-order valence-electron chi connectivity index (χ1n) is 7.58. The quantitative estimate of drug-likeness (QED) is 0.789.